The van der Waals surface area contributed by atoms with Crippen molar-refractivity contribution in [2.24, 2.45) is 11.8 Å². The molecule has 0 N–H and O–H groups in total. The minimum absolute atomic E-state index is 0.00901. The molecule has 11 nitrogen and oxygen atoms in total. The molecule has 14 heteroatoms. The van der Waals surface area contributed by atoms with Gasteiger partial charge in [0.25, 0.3) is 0 Å². The van der Waals surface area contributed by atoms with Gasteiger partial charge in [0.15, 0.2) is 8.32 Å². The maximum absolute atomic E-state index is 15.1. The Morgan fingerprint density at radius 3 is 1.63 bits per heavy atom. The second-order valence-electron chi connectivity index (χ2n) is 17.4. The summed E-state index contributed by atoms with van der Waals surface area (Å²) in [6, 6.07) is 24.8. The topological polar surface area (TPSA) is 143 Å². The third-order valence-electron chi connectivity index (χ3n) is 10.9. The Bertz CT molecular complexity index is 2380. The van der Waals surface area contributed by atoms with E-state index in [2.05, 4.69) is 33.9 Å². The minimum Gasteiger partial charge on any atom is -0.441 e. The molecule has 0 aliphatic carbocycles. The predicted molar refractivity (Wildman–Crippen MR) is 230 cm³/mol. The number of aryl methyl sites for hydroxylation is 2. The van der Waals surface area contributed by atoms with Crippen molar-refractivity contribution >= 4 is 46.6 Å². The molecule has 0 aromatic heterocycles. The van der Waals surface area contributed by atoms with Crippen molar-refractivity contribution in [3.63, 3.8) is 0 Å². The molecule has 1 aliphatic rings. The fourth-order valence-corrected chi connectivity index (χ4v) is 9.86. The van der Waals surface area contributed by atoms with Crippen LogP contribution in [0, 0.1) is 25.7 Å². The van der Waals surface area contributed by atoms with Gasteiger partial charge in [-0.05, 0) is 111 Å². The van der Waals surface area contributed by atoms with Crippen molar-refractivity contribution in [1.82, 2.24) is 4.90 Å². The number of cyclic esters (lactones) is 1. The van der Waals surface area contributed by atoms with Crippen LogP contribution in [0.4, 0.5) is 4.79 Å². The van der Waals surface area contributed by atoms with Crippen molar-refractivity contribution in [2.75, 3.05) is 0 Å². The van der Waals surface area contributed by atoms with Crippen molar-refractivity contribution in [1.29, 1.82) is 0 Å². The number of hydrogen-bond acceptors (Lipinski definition) is 10. The summed E-state index contributed by atoms with van der Waals surface area (Å²) >= 11 is 0. The lowest BCUT2D eigenvalue weighted by atomic mass is 9.87. The van der Waals surface area contributed by atoms with Crippen LogP contribution >= 0.6 is 0 Å². The molecule has 4 aromatic carbocycles. The molecular weight excluding hydrogens is 807 g/mol. The molecule has 5 rings (SSSR count). The molecule has 0 unspecified atom stereocenters. The van der Waals surface area contributed by atoms with E-state index in [0.717, 1.165) is 11.1 Å². The number of hydrogen-bond donors (Lipinski definition) is 0. The Kier molecular flexibility index (Phi) is 13.1. The van der Waals surface area contributed by atoms with E-state index in [1.807, 2.05) is 27.7 Å². The number of benzene rings is 4. The molecule has 0 bridgehead atoms. The summed E-state index contributed by atoms with van der Waals surface area (Å²) < 4.78 is 76.0. The average Bonchev–Trinajstić information content (AvgIpc) is 3.39. The maximum atomic E-state index is 15.1. The summed E-state index contributed by atoms with van der Waals surface area (Å²) in [5.74, 6) is -1.61. The second kappa shape index (κ2) is 17.1. The van der Waals surface area contributed by atoms with Crippen LogP contribution in [0.25, 0.3) is 6.08 Å². The second-order valence-corrected chi connectivity index (χ2v) is 25.2. The molecule has 0 radical (unpaired) electrons. The fourth-order valence-electron chi connectivity index (χ4n) is 6.72. The zero-order valence-electron chi connectivity index (χ0n) is 35.5. The smallest absolute Gasteiger partial charge is 0.417 e. The molecule has 4 aromatic rings. The molecule has 1 aliphatic heterocycles. The highest BCUT2D eigenvalue weighted by Gasteiger charge is 2.54. The van der Waals surface area contributed by atoms with Crippen LogP contribution < -0.4 is 8.37 Å². The maximum Gasteiger partial charge on any atom is 0.417 e. The van der Waals surface area contributed by atoms with Crippen LogP contribution in [-0.4, -0.2) is 53.7 Å². The SMILES string of the molecule is Cc1ccc(S(=O)(=O)Oc2ccc(/C=C/[C@H](C(=O)N3C(=O)OC(C)(C)[C@@H]3C(C)C)[C@H](O[Si](C)(C)C(C)(C)C)c3ccc(OS(=O)(=O)c4ccc(C)cc4)cc3)cc2)cc1. The average molecular weight is 862 g/mol. The van der Waals surface area contributed by atoms with Crippen molar-refractivity contribution < 1.29 is 44.0 Å². The van der Waals surface area contributed by atoms with Gasteiger partial charge in [-0.2, -0.15) is 16.8 Å². The van der Waals surface area contributed by atoms with Crippen LogP contribution in [0.1, 0.15) is 76.8 Å². The van der Waals surface area contributed by atoms with E-state index >= 15 is 4.79 Å². The van der Waals surface area contributed by atoms with Gasteiger partial charge >= 0.3 is 26.3 Å². The number of carbonyl (C=O) groups excluding carboxylic acids is 2. The Labute approximate surface area is 350 Å². The third-order valence-corrected chi connectivity index (χ3v) is 17.8. The Morgan fingerprint density at radius 1 is 0.763 bits per heavy atom. The molecule has 1 saturated heterocycles. The van der Waals surface area contributed by atoms with Crippen molar-refractivity contribution in [3.05, 3.63) is 125 Å². The molecule has 1 fully saturated rings. The van der Waals surface area contributed by atoms with E-state index < -0.39 is 64.2 Å². The van der Waals surface area contributed by atoms with E-state index in [1.54, 1.807) is 74.5 Å². The summed E-state index contributed by atoms with van der Waals surface area (Å²) in [4.78, 5) is 29.9. The summed E-state index contributed by atoms with van der Waals surface area (Å²) in [5.41, 5.74) is 2.01. The third kappa shape index (κ3) is 10.5. The lowest BCUT2D eigenvalue weighted by Crippen LogP contribution is -2.51. The zero-order chi connectivity index (χ0) is 43.7. The largest absolute Gasteiger partial charge is 0.441 e. The van der Waals surface area contributed by atoms with Crippen molar-refractivity contribution in [3.8, 4) is 11.5 Å². The Hall–Kier alpha value is -4.76. The van der Waals surface area contributed by atoms with Crippen LogP contribution in [0.15, 0.2) is 113 Å². The number of carbonyl (C=O) groups is 2. The lowest BCUT2D eigenvalue weighted by molar-refractivity contribution is -0.136. The molecule has 2 amide bonds. The van der Waals surface area contributed by atoms with Gasteiger partial charge in [0.05, 0.1) is 18.1 Å². The van der Waals surface area contributed by atoms with Crippen LogP contribution in [-0.2, 0) is 34.2 Å². The van der Waals surface area contributed by atoms with Crippen LogP contribution in [0.5, 0.6) is 11.5 Å². The van der Waals surface area contributed by atoms with Gasteiger partial charge in [0, 0.05) is 0 Å². The molecule has 316 valence electrons. The van der Waals surface area contributed by atoms with Gasteiger partial charge in [-0.25, -0.2) is 9.69 Å². The van der Waals surface area contributed by atoms with Gasteiger partial charge < -0.3 is 17.5 Å². The Morgan fingerprint density at radius 2 is 1.20 bits per heavy atom. The predicted octanol–water partition coefficient (Wildman–Crippen LogP) is 10.0. The highest BCUT2D eigenvalue weighted by Crippen LogP contribution is 2.44. The van der Waals surface area contributed by atoms with E-state index in [1.165, 1.54) is 53.4 Å². The van der Waals surface area contributed by atoms with Crippen molar-refractivity contribution in [2.45, 2.75) is 108 Å². The Balaban J connectivity index is 1.56. The first-order valence-corrected chi connectivity index (χ1v) is 25.2. The van der Waals surface area contributed by atoms with E-state index in [4.69, 9.17) is 17.5 Å². The number of imide groups is 1. The summed E-state index contributed by atoms with van der Waals surface area (Å²) in [5, 5.41) is -0.294. The van der Waals surface area contributed by atoms with Crippen LogP contribution in [0.2, 0.25) is 18.1 Å². The first-order chi connectivity index (χ1) is 27.3. The molecule has 1 heterocycles. The van der Waals surface area contributed by atoms with Gasteiger partial charge in [-0.1, -0.05) is 106 Å². The van der Waals surface area contributed by atoms with Gasteiger partial charge in [-0.3, -0.25) is 4.79 Å². The summed E-state index contributed by atoms with van der Waals surface area (Å²) in [7, 11) is -10.9. The minimum atomic E-state index is -4.14. The van der Waals surface area contributed by atoms with E-state index in [-0.39, 0.29) is 32.2 Å². The highest BCUT2D eigenvalue weighted by molar-refractivity contribution is 7.87. The highest BCUT2D eigenvalue weighted by atomic mass is 32.2. The summed E-state index contributed by atoms with van der Waals surface area (Å²) in [6.07, 6.45) is 1.69. The quantitative estimate of drug-likeness (QED) is 0.0888. The zero-order valence-corrected chi connectivity index (χ0v) is 38.2. The molecule has 0 saturated carbocycles. The number of ether oxygens (including phenoxy) is 1. The lowest BCUT2D eigenvalue weighted by Gasteiger charge is -2.41. The number of rotatable bonds is 14. The van der Waals surface area contributed by atoms with Gasteiger partial charge in [-0.15, -0.1) is 0 Å². The molecular formula is C45H55NO10S2Si. The summed E-state index contributed by atoms with van der Waals surface area (Å²) in [6.45, 7) is 21.5. The normalized spacial score (nSPS) is 17.2. The fraction of sp³-hybridized carbons (Fsp3) is 0.378. The molecule has 0 spiro atoms. The van der Waals surface area contributed by atoms with Crippen LogP contribution in [0.3, 0.4) is 0 Å². The monoisotopic (exact) mass is 861 g/mol. The van der Waals surface area contributed by atoms with E-state index in [9.17, 15) is 21.6 Å². The van der Waals surface area contributed by atoms with Gasteiger partial charge in [0.1, 0.15) is 26.9 Å². The standard InChI is InChI=1S/C45H55NO10S2Si/c1-30(2)41-45(8,9)53-43(48)46(41)42(47)39(29-18-33-16-21-35(22-17-33)54-57(49,50)37-25-12-31(3)13-26-37)40(56-59(10,11)44(5,6)7)34-19-23-36(24-20-34)55-58(51,52)38-27-14-32(4)15-28-38/h12-30,39-41H,1-11H3/b29-18+/t39-,40+,41-/m0/s1. The molecule has 59 heavy (non-hydrogen) atoms. The number of nitrogens with zero attached hydrogens (tertiary/aromatic N) is 1. The first kappa shape index (κ1) is 45.3. The first-order valence-electron chi connectivity index (χ1n) is 19.5. The van der Waals surface area contributed by atoms with Gasteiger partial charge in [0.2, 0.25) is 5.91 Å². The van der Waals surface area contributed by atoms with E-state index in [0.29, 0.717) is 11.1 Å². The molecule has 3 atom stereocenters. The number of amides is 2.